The van der Waals surface area contributed by atoms with E-state index in [0.717, 1.165) is 59.9 Å². The second-order valence-corrected chi connectivity index (χ2v) is 15.5. The molecule has 1 saturated heterocycles. The maximum atomic E-state index is 15.0. The third-order valence-corrected chi connectivity index (χ3v) is 11.5. The lowest BCUT2D eigenvalue weighted by molar-refractivity contribution is 0.0520. The fraction of sp³-hybridized carbons (Fsp3) is 0.429. The van der Waals surface area contributed by atoms with Gasteiger partial charge in [0, 0.05) is 58.6 Å². The summed E-state index contributed by atoms with van der Waals surface area (Å²) < 4.78 is 46.2. The Morgan fingerprint density at radius 3 is 2.59 bits per heavy atom. The van der Waals surface area contributed by atoms with Crippen LogP contribution in [0.3, 0.4) is 0 Å². The number of nitrogens with two attached hydrogens (primary N) is 1. The lowest BCUT2D eigenvalue weighted by atomic mass is 9.68. The quantitative estimate of drug-likeness (QED) is 0.183. The van der Waals surface area contributed by atoms with Crippen LogP contribution in [0.5, 0.6) is 0 Å². The molecule has 3 heterocycles. The number of benzene rings is 2. The van der Waals surface area contributed by atoms with Crippen LogP contribution in [-0.2, 0) is 27.7 Å². The van der Waals surface area contributed by atoms with E-state index in [9.17, 15) is 13.2 Å². The topological polar surface area (TPSA) is 108 Å². The average molecular weight is 663 g/mol. The molecule has 0 atom stereocenters. The highest BCUT2D eigenvalue weighted by molar-refractivity contribution is 7.89. The number of sulfonamides is 1. The van der Waals surface area contributed by atoms with Gasteiger partial charge in [0.05, 0.1) is 6.61 Å². The second kappa shape index (κ2) is 12.2. The summed E-state index contributed by atoms with van der Waals surface area (Å²) in [5.74, 6) is -0.782. The smallest absolute Gasteiger partial charge is 0.357 e. The van der Waals surface area contributed by atoms with Gasteiger partial charge in [0.25, 0.3) is 0 Å². The van der Waals surface area contributed by atoms with E-state index in [2.05, 4.69) is 39.8 Å². The summed E-state index contributed by atoms with van der Waals surface area (Å²) in [4.78, 5) is 19.1. The van der Waals surface area contributed by atoms with Gasteiger partial charge in [-0.2, -0.15) is 0 Å². The number of hydrogen-bond donors (Lipinski definition) is 1. The van der Waals surface area contributed by atoms with Crippen molar-refractivity contribution in [2.24, 2.45) is 16.5 Å². The molecular weight excluding hydrogens is 624 g/mol. The van der Waals surface area contributed by atoms with Crippen LogP contribution in [0.2, 0.25) is 0 Å². The Bertz CT molecular complexity index is 1880. The normalized spacial score (nSPS) is 17.7. The van der Waals surface area contributed by atoms with Gasteiger partial charge in [-0.1, -0.05) is 37.5 Å². The zero-order valence-corrected chi connectivity index (χ0v) is 27.6. The summed E-state index contributed by atoms with van der Waals surface area (Å²) in [6.07, 6.45) is 9.68. The van der Waals surface area contributed by atoms with E-state index in [1.807, 2.05) is 0 Å². The standard InChI is InChI=1S/C35H39FN4O4S2/c1-2-44-34(41)29-20-45-33(38-29)27-18-30(25-7-6-8-26(17-25)39-21-35(22-39)13-4-3-5-14-35)40(31(27)16-23-9-10-23)19-24-11-12-32(28(36)15-24)46(37,42)43/h6-8,11-12,15,17-18,20,23H,2-5,9-10,13-14,16,19,21-22H2,1H3,(H2,37,42,43). The Morgan fingerprint density at radius 2 is 1.89 bits per heavy atom. The van der Waals surface area contributed by atoms with Crippen LogP contribution >= 0.6 is 11.3 Å². The van der Waals surface area contributed by atoms with Gasteiger partial charge in [0.1, 0.15) is 15.7 Å². The molecule has 0 unspecified atom stereocenters. The maximum absolute atomic E-state index is 15.0. The molecule has 46 heavy (non-hydrogen) atoms. The number of carbonyl (C=O) groups is 1. The molecule has 4 aromatic rings. The van der Waals surface area contributed by atoms with Gasteiger partial charge in [-0.25, -0.2) is 27.7 Å². The van der Waals surface area contributed by atoms with Crippen molar-refractivity contribution >= 4 is 33.0 Å². The van der Waals surface area contributed by atoms with Gasteiger partial charge in [0.2, 0.25) is 10.0 Å². The Morgan fingerprint density at radius 1 is 1.11 bits per heavy atom. The lowest BCUT2D eigenvalue weighted by Gasteiger charge is -2.53. The molecule has 0 bridgehead atoms. The lowest BCUT2D eigenvalue weighted by Crippen LogP contribution is -2.57. The van der Waals surface area contributed by atoms with Crippen LogP contribution in [0.25, 0.3) is 21.8 Å². The van der Waals surface area contributed by atoms with Crippen molar-refractivity contribution < 1.29 is 22.3 Å². The first-order valence-corrected chi connectivity index (χ1v) is 18.6. The Balaban J connectivity index is 1.31. The Hall–Kier alpha value is -3.54. The number of thiazole rings is 1. The van der Waals surface area contributed by atoms with Crippen molar-refractivity contribution in [1.82, 2.24) is 9.55 Å². The first-order chi connectivity index (χ1) is 22.1. The zero-order valence-electron chi connectivity index (χ0n) is 26.0. The van der Waals surface area contributed by atoms with E-state index in [-0.39, 0.29) is 12.3 Å². The molecular formula is C35H39FN4O4S2. The van der Waals surface area contributed by atoms with Crippen LogP contribution in [0.15, 0.2) is 58.8 Å². The van der Waals surface area contributed by atoms with Crippen molar-refractivity contribution in [3.63, 3.8) is 0 Å². The third-order valence-electron chi connectivity index (χ3n) is 9.72. The van der Waals surface area contributed by atoms with Gasteiger partial charge in [-0.05, 0) is 80.8 Å². The number of carbonyl (C=O) groups excluding carboxylic acids is 1. The maximum Gasteiger partial charge on any atom is 0.357 e. The van der Waals surface area contributed by atoms with Crippen LogP contribution in [0.1, 0.15) is 73.6 Å². The van der Waals surface area contributed by atoms with Gasteiger partial charge in [0.15, 0.2) is 5.69 Å². The number of primary sulfonamides is 1. The molecule has 2 aromatic carbocycles. The number of nitrogens with zero attached hydrogens (tertiary/aromatic N) is 3. The van der Waals surface area contributed by atoms with Gasteiger partial charge < -0.3 is 14.2 Å². The van der Waals surface area contributed by atoms with E-state index in [0.29, 0.717) is 23.4 Å². The number of aromatic nitrogens is 2. The molecule has 0 amide bonds. The monoisotopic (exact) mass is 662 g/mol. The van der Waals surface area contributed by atoms with E-state index < -0.39 is 26.7 Å². The highest BCUT2D eigenvalue weighted by Gasteiger charge is 2.43. The van der Waals surface area contributed by atoms with E-state index in [4.69, 9.17) is 14.9 Å². The molecule has 0 radical (unpaired) electrons. The highest BCUT2D eigenvalue weighted by Crippen LogP contribution is 2.46. The molecule has 11 heteroatoms. The van der Waals surface area contributed by atoms with E-state index >= 15 is 4.39 Å². The number of ether oxygens (including phenoxy) is 1. The summed E-state index contributed by atoms with van der Waals surface area (Å²) in [5, 5.41) is 7.70. The van der Waals surface area contributed by atoms with Crippen LogP contribution in [0.4, 0.5) is 10.1 Å². The molecule has 8 nitrogen and oxygen atoms in total. The summed E-state index contributed by atoms with van der Waals surface area (Å²) in [5.41, 5.74) is 6.55. The van der Waals surface area contributed by atoms with Gasteiger partial charge in [-0.15, -0.1) is 11.3 Å². The first-order valence-electron chi connectivity index (χ1n) is 16.1. The van der Waals surface area contributed by atoms with Crippen LogP contribution < -0.4 is 10.0 Å². The minimum Gasteiger partial charge on any atom is -0.461 e. The number of halogens is 1. The fourth-order valence-electron chi connectivity index (χ4n) is 7.19. The van der Waals surface area contributed by atoms with E-state index in [1.54, 1.807) is 18.4 Å². The molecule has 3 fully saturated rings. The first kappa shape index (κ1) is 31.1. The molecule has 7 rings (SSSR count). The molecule has 242 valence electrons. The van der Waals surface area contributed by atoms with Gasteiger partial charge in [-0.3, -0.25) is 0 Å². The predicted molar refractivity (Wildman–Crippen MR) is 178 cm³/mol. The molecule has 1 spiro atoms. The second-order valence-electron chi connectivity index (χ2n) is 13.2. The zero-order chi connectivity index (χ0) is 32.1. The summed E-state index contributed by atoms with van der Waals surface area (Å²) in [6, 6.07) is 14.9. The van der Waals surface area contributed by atoms with E-state index in [1.165, 1.54) is 61.3 Å². The van der Waals surface area contributed by atoms with Crippen LogP contribution in [-0.4, -0.2) is 43.6 Å². The van der Waals surface area contributed by atoms with Crippen molar-refractivity contribution in [3.8, 4) is 21.8 Å². The SMILES string of the molecule is CCOC(=O)c1csc(-c2cc(-c3cccc(N4CC5(CCCCC5)C4)c3)n(Cc3ccc(S(N)(=O)=O)c(F)c3)c2CC2CC2)n1. The molecule has 2 aliphatic carbocycles. The number of hydrogen-bond acceptors (Lipinski definition) is 7. The molecule has 2 N–H and O–H groups in total. The largest absolute Gasteiger partial charge is 0.461 e. The predicted octanol–water partition coefficient (Wildman–Crippen LogP) is 7.01. The molecule has 3 aliphatic rings. The number of rotatable bonds is 10. The summed E-state index contributed by atoms with van der Waals surface area (Å²) in [7, 11) is -4.18. The molecule has 1 aliphatic heterocycles. The Kier molecular flexibility index (Phi) is 8.27. The minimum atomic E-state index is -4.18. The summed E-state index contributed by atoms with van der Waals surface area (Å²) >= 11 is 1.41. The van der Waals surface area contributed by atoms with Crippen molar-refractivity contribution in [3.05, 3.63) is 76.7 Å². The Labute approximate surface area is 273 Å². The fourth-order valence-corrected chi connectivity index (χ4v) is 8.60. The average Bonchev–Trinajstić information content (AvgIpc) is 3.58. The number of anilines is 1. The third kappa shape index (κ3) is 6.24. The minimum absolute atomic E-state index is 0.272. The summed E-state index contributed by atoms with van der Waals surface area (Å²) in [6.45, 7) is 4.54. The van der Waals surface area contributed by atoms with Crippen molar-refractivity contribution in [2.45, 2.75) is 69.7 Å². The van der Waals surface area contributed by atoms with Crippen LogP contribution in [0, 0.1) is 17.2 Å². The van der Waals surface area contributed by atoms with Crippen molar-refractivity contribution in [2.75, 3.05) is 24.6 Å². The molecule has 2 aromatic heterocycles. The molecule has 2 saturated carbocycles. The highest BCUT2D eigenvalue weighted by atomic mass is 32.2. The number of esters is 1. The van der Waals surface area contributed by atoms with Gasteiger partial charge >= 0.3 is 5.97 Å². The van der Waals surface area contributed by atoms with Crippen molar-refractivity contribution in [1.29, 1.82) is 0 Å².